The highest BCUT2D eigenvalue weighted by Crippen LogP contribution is 2.38. The van der Waals surface area contributed by atoms with Crippen LogP contribution in [0.4, 0.5) is 0 Å². The van der Waals surface area contributed by atoms with Crippen LogP contribution < -0.4 is 5.32 Å². The van der Waals surface area contributed by atoms with E-state index in [0.717, 1.165) is 72.6 Å². The number of hydrogen-bond acceptors (Lipinski definition) is 5. The molecule has 0 spiro atoms. The first-order chi connectivity index (χ1) is 27.2. The molecular weight excluding hydrogens is 671 g/mol. The summed E-state index contributed by atoms with van der Waals surface area (Å²) in [4.78, 5) is 15.2. The molecule has 8 aromatic rings. The quantitative estimate of drug-likeness (QED) is 0.154. The summed E-state index contributed by atoms with van der Waals surface area (Å²) < 4.78 is 0. The van der Waals surface area contributed by atoms with Gasteiger partial charge in [0.25, 0.3) is 0 Å². The third-order valence-corrected chi connectivity index (χ3v) is 9.75. The monoisotopic (exact) mass is 705 g/mol. The van der Waals surface area contributed by atoms with E-state index in [0.29, 0.717) is 23.2 Å². The maximum atomic E-state index is 9.67. The molecule has 2 N–H and O–H groups in total. The van der Waals surface area contributed by atoms with Crippen molar-refractivity contribution >= 4 is 28.8 Å². The van der Waals surface area contributed by atoms with Crippen LogP contribution in [0.15, 0.2) is 194 Å². The lowest BCUT2D eigenvalue weighted by molar-refractivity contribution is 1.07. The second-order valence-electron chi connectivity index (χ2n) is 13.3. The number of aromatic nitrogens is 3. The highest BCUT2D eigenvalue weighted by molar-refractivity contribution is 6.36. The Balaban J connectivity index is 1.26. The summed E-state index contributed by atoms with van der Waals surface area (Å²) >= 11 is 0. The Morgan fingerprint density at radius 2 is 0.873 bits per heavy atom. The largest absolute Gasteiger partial charge is 0.354 e. The number of rotatable bonds is 8. The predicted molar refractivity (Wildman–Crippen MR) is 226 cm³/mol. The van der Waals surface area contributed by atoms with Crippen molar-refractivity contribution in [2.75, 3.05) is 0 Å². The minimum Gasteiger partial charge on any atom is -0.354 e. The lowest BCUT2D eigenvalue weighted by Crippen LogP contribution is -2.20. The molecule has 55 heavy (non-hydrogen) atoms. The standard InChI is InChI=1S/C50H35N5/c51-46(37-23-12-4-13-24-37)45(36-21-10-3-11-22-36)47-43-32-42(30-29-40(43)33-44(52-47)35-19-8-2-9-20-35)50-54-48(38-25-14-5-15-26-38)53-49(55-50)41-28-16-27-39(31-41)34-17-6-1-7-18-34/h1-33,51-52H/b47-45-,51-46?. The lowest BCUT2D eigenvalue weighted by atomic mass is 9.87. The fraction of sp³-hybridized carbons (Fsp3) is 0. The molecule has 0 atom stereocenters. The smallest absolute Gasteiger partial charge is 0.164 e. The van der Waals surface area contributed by atoms with E-state index in [9.17, 15) is 5.41 Å². The molecule has 0 aliphatic carbocycles. The molecule has 260 valence electrons. The van der Waals surface area contributed by atoms with Crippen LogP contribution in [-0.2, 0) is 0 Å². The van der Waals surface area contributed by atoms with Gasteiger partial charge in [-0.05, 0) is 46.0 Å². The Morgan fingerprint density at radius 3 is 1.49 bits per heavy atom. The first-order valence-electron chi connectivity index (χ1n) is 18.3. The van der Waals surface area contributed by atoms with Gasteiger partial charge in [0.2, 0.25) is 0 Å². The van der Waals surface area contributed by atoms with Crippen LogP contribution in [-0.4, -0.2) is 20.7 Å². The van der Waals surface area contributed by atoms with Crippen molar-refractivity contribution in [3.8, 4) is 45.3 Å². The minimum absolute atomic E-state index is 0.423. The molecule has 7 aromatic carbocycles. The zero-order chi connectivity index (χ0) is 37.0. The number of nitrogens with one attached hydrogen (secondary N) is 2. The number of allylic oxidation sites excluding steroid dienone is 1. The van der Waals surface area contributed by atoms with E-state index in [1.807, 2.05) is 121 Å². The van der Waals surface area contributed by atoms with E-state index < -0.39 is 0 Å². The van der Waals surface area contributed by atoms with E-state index in [1.165, 1.54) is 0 Å². The summed E-state index contributed by atoms with van der Waals surface area (Å²) in [6.45, 7) is 0. The Hall–Kier alpha value is -7.50. The van der Waals surface area contributed by atoms with Crippen LogP contribution in [0.5, 0.6) is 0 Å². The highest BCUT2D eigenvalue weighted by Gasteiger charge is 2.25. The molecular formula is C50H35N5. The van der Waals surface area contributed by atoms with Crippen molar-refractivity contribution in [2.24, 2.45) is 0 Å². The first-order valence-corrected chi connectivity index (χ1v) is 18.3. The van der Waals surface area contributed by atoms with Gasteiger partial charge in [-0.15, -0.1) is 0 Å². The molecule has 0 fully saturated rings. The Bertz CT molecular complexity index is 2710. The summed E-state index contributed by atoms with van der Waals surface area (Å²) in [5, 5.41) is 13.5. The van der Waals surface area contributed by atoms with Crippen molar-refractivity contribution in [1.82, 2.24) is 20.3 Å². The molecule has 5 heteroatoms. The topological polar surface area (TPSA) is 74.6 Å². The van der Waals surface area contributed by atoms with Gasteiger partial charge in [-0.2, -0.15) is 0 Å². The number of hydrogen-bond donors (Lipinski definition) is 2. The molecule has 1 aliphatic heterocycles. The fourth-order valence-electron chi connectivity index (χ4n) is 6.99. The normalized spacial score (nSPS) is 12.9. The maximum Gasteiger partial charge on any atom is 0.164 e. The lowest BCUT2D eigenvalue weighted by Gasteiger charge is -2.26. The second-order valence-corrected chi connectivity index (χ2v) is 13.3. The minimum atomic E-state index is 0.423. The Kier molecular flexibility index (Phi) is 9.01. The number of nitrogens with zero attached hydrogens (tertiary/aromatic N) is 3. The summed E-state index contributed by atoms with van der Waals surface area (Å²) in [5.41, 5.74) is 12.7. The average Bonchev–Trinajstić information content (AvgIpc) is 3.27. The van der Waals surface area contributed by atoms with Crippen LogP contribution >= 0.6 is 0 Å². The van der Waals surface area contributed by atoms with Gasteiger partial charge in [-0.1, -0.05) is 182 Å². The Morgan fingerprint density at radius 1 is 0.400 bits per heavy atom. The number of benzene rings is 7. The summed E-state index contributed by atoms with van der Waals surface area (Å²) in [6.07, 6.45) is 2.18. The molecule has 2 heterocycles. The van der Waals surface area contributed by atoms with Gasteiger partial charge in [-0.25, -0.2) is 15.0 Å². The van der Waals surface area contributed by atoms with Crippen molar-refractivity contribution in [3.05, 3.63) is 222 Å². The van der Waals surface area contributed by atoms with Crippen LogP contribution in [0.2, 0.25) is 0 Å². The summed E-state index contributed by atoms with van der Waals surface area (Å²) in [6, 6.07) is 65.5. The third kappa shape index (κ3) is 6.90. The van der Waals surface area contributed by atoms with Crippen LogP contribution in [0.25, 0.3) is 68.3 Å². The highest BCUT2D eigenvalue weighted by atomic mass is 15.0. The zero-order valence-electron chi connectivity index (χ0n) is 29.9. The molecule has 0 unspecified atom stereocenters. The summed E-state index contributed by atoms with van der Waals surface area (Å²) in [5.74, 6) is 1.75. The molecule has 0 saturated heterocycles. The molecule has 1 aromatic heterocycles. The molecule has 0 radical (unpaired) electrons. The van der Waals surface area contributed by atoms with Crippen molar-refractivity contribution < 1.29 is 0 Å². The third-order valence-electron chi connectivity index (χ3n) is 9.75. The van der Waals surface area contributed by atoms with E-state index in [-0.39, 0.29) is 0 Å². The molecule has 1 aliphatic rings. The van der Waals surface area contributed by atoms with Gasteiger partial charge >= 0.3 is 0 Å². The van der Waals surface area contributed by atoms with Gasteiger partial charge in [0.05, 0.1) is 11.4 Å². The average molecular weight is 706 g/mol. The van der Waals surface area contributed by atoms with Crippen molar-refractivity contribution in [3.63, 3.8) is 0 Å². The van der Waals surface area contributed by atoms with Gasteiger partial charge in [0.1, 0.15) is 0 Å². The SMILES string of the molecule is N=C(/C(=C1\NC(c2ccccc2)=Cc2ccc(-c3nc(-c4ccccc4)nc(-c4cccc(-c5ccccc5)c4)n3)cc21)c1ccccc1)c1ccccc1. The van der Waals surface area contributed by atoms with Crippen LogP contribution in [0.3, 0.4) is 0 Å². The molecule has 0 amide bonds. The van der Waals surface area contributed by atoms with Crippen LogP contribution in [0, 0.1) is 5.41 Å². The number of fused-ring (bicyclic) bond motifs is 1. The maximum absolute atomic E-state index is 9.67. The van der Waals surface area contributed by atoms with Gasteiger partial charge < -0.3 is 5.32 Å². The second kappa shape index (κ2) is 14.9. The Labute approximate surface area is 320 Å². The zero-order valence-corrected chi connectivity index (χ0v) is 29.9. The van der Waals surface area contributed by atoms with Gasteiger partial charge in [0.15, 0.2) is 17.5 Å². The molecule has 5 nitrogen and oxygen atoms in total. The van der Waals surface area contributed by atoms with E-state index in [2.05, 4.69) is 84.2 Å². The molecule has 0 saturated carbocycles. The van der Waals surface area contributed by atoms with Gasteiger partial charge in [-0.3, -0.25) is 5.41 Å². The van der Waals surface area contributed by atoms with Crippen molar-refractivity contribution in [1.29, 1.82) is 5.41 Å². The van der Waals surface area contributed by atoms with Crippen LogP contribution in [0.1, 0.15) is 27.8 Å². The van der Waals surface area contributed by atoms with E-state index in [1.54, 1.807) is 0 Å². The molecule has 0 bridgehead atoms. The predicted octanol–water partition coefficient (Wildman–Crippen LogP) is 11.6. The van der Waals surface area contributed by atoms with E-state index >= 15 is 0 Å². The first kappa shape index (κ1) is 33.3. The van der Waals surface area contributed by atoms with E-state index in [4.69, 9.17) is 15.0 Å². The van der Waals surface area contributed by atoms with Gasteiger partial charge in [0, 0.05) is 39.1 Å². The summed E-state index contributed by atoms with van der Waals surface area (Å²) in [7, 11) is 0. The van der Waals surface area contributed by atoms with Crippen molar-refractivity contribution in [2.45, 2.75) is 0 Å². The fourth-order valence-corrected chi connectivity index (χ4v) is 6.99. The molecule has 9 rings (SSSR count).